The summed E-state index contributed by atoms with van der Waals surface area (Å²) >= 11 is 0. The maximum absolute atomic E-state index is 12.1. The number of hydrogen-bond acceptors (Lipinski definition) is 6. The number of Topliss-reactive ketones (excluding diaryl/α,β-unsaturated/α-hetero) is 1. The number of amides is 1. The summed E-state index contributed by atoms with van der Waals surface area (Å²) in [6.07, 6.45) is 0.341. The highest BCUT2D eigenvalue weighted by Crippen LogP contribution is 2.20. The number of nitrogens with one attached hydrogen (secondary N) is 1. The number of esters is 1. The summed E-state index contributed by atoms with van der Waals surface area (Å²) < 4.78 is 4.95. The number of nitrogens with zero attached hydrogens (tertiary/aromatic N) is 1. The molecule has 1 N–H and O–H groups in total. The van der Waals surface area contributed by atoms with Crippen molar-refractivity contribution in [3.05, 3.63) is 69.3 Å². The lowest BCUT2D eigenvalue weighted by molar-refractivity contribution is -0.385. The molecule has 0 radical (unpaired) electrons. The predicted molar refractivity (Wildman–Crippen MR) is 97.8 cm³/mol. The van der Waals surface area contributed by atoms with Crippen molar-refractivity contribution in [2.75, 3.05) is 11.9 Å². The van der Waals surface area contributed by atoms with Crippen LogP contribution in [0, 0.1) is 17.0 Å². The minimum atomic E-state index is -0.821. The Labute approximate surface area is 155 Å². The van der Waals surface area contributed by atoms with Gasteiger partial charge >= 0.3 is 5.97 Å². The van der Waals surface area contributed by atoms with Gasteiger partial charge in [-0.2, -0.15) is 0 Å². The largest absolute Gasteiger partial charge is 0.454 e. The highest BCUT2D eigenvalue weighted by atomic mass is 16.6. The summed E-state index contributed by atoms with van der Waals surface area (Å²) in [5.74, 6) is -1.40. The Bertz CT molecular complexity index is 890. The lowest BCUT2D eigenvalue weighted by atomic mass is 10.1. The third-order valence-corrected chi connectivity index (χ3v) is 3.79. The number of benzene rings is 2. The van der Waals surface area contributed by atoms with Crippen LogP contribution in [-0.4, -0.2) is 29.2 Å². The molecule has 0 aliphatic carbocycles. The molecule has 0 aromatic heterocycles. The third-order valence-electron chi connectivity index (χ3n) is 3.79. The number of nitro groups is 1. The van der Waals surface area contributed by atoms with Crippen LogP contribution in [0.4, 0.5) is 11.4 Å². The van der Waals surface area contributed by atoms with E-state index in [1.165, 1.54) is 24.3 Å². The first-order valence-corrected chi connectivity index (χ1v) is 8.17. The van der Waals surface area contributed by atoms with Crippen LogP contribution in [-0.2, 0) is 9.53 Å². The molecule has 140 valence electrons. The van der Waals surface area contributed by atoms with Crippen molar-refractivity contribution in [1.29, 1.82) is 0 Å². The maximum Gasteiger partial charge on any atom is 0.338 e. The second-order valence-corrected chi connectivity index (χ2v) is 5.74. The molecule has 2 aromatic rings. The minimum Gasteiger partial charge on any atom is -0.454 e. The minimum absolute atomic E-state index is 0.00211. The number of aryl methyl sites for hydroxylation is 1. The van der Waals surface area contributed by atoms with Crippen LogP contribution < -0.4 is 5.32 Å². The van der Waals surface area contributed by atoms with E-state index in [4.69, 9.17) is 4.74 Å². The van der Waals surface area contributed by atoms with Gasteiger partial charge in [-0.05, 0) is 37.3 Å². The van der Waals surface area contributed by atoms with Crippen molar-refractivity contribution in [2.24, 2.45) is 0 Å². The van der Waals surface area contributed by atoms with E-state index in [1.807, 2.05) is 0 Å². The van der Waals surface area contributed by atoms with E-state index >= 15 is 0 Å². The highest BCUT2D eigenvalue weighted by molar-refractivity contribution is 6.00. The van der Waals surface area contributed by atoms with Gasteiger partial charge in [0.15, 0.2) is 12.4 Å². The average Bonchev–Trinajstić information content (AvgIpc) is 2.66. The van der Waals surface area contributed by atoms with Crippen LogP contribution >= 0.6 is 0 Å². The van der Waals surface area contributed by atoms with E-state index in [2.05, 4.69) is 5.32 Å². The van der Waals surface area contributed by atoms with Gasteiger partial charge in [-0.3, -0.25) is 19.7 Å². The molecule has 27 heavy (non-hydrogen) atoms. The molecule has 0 fully saturated rings. The Kier molecular flexibility index (Phi) is 6.37. The van der Waals surface area contributed by atoms with Crippen molar-refractivity contribution in [1.82, 2.24) is 0 Å². The van der Waals surface area contributed by atoms with Gasteiger partial charge in [0.1, 0.15) is 0 Å². The third kappa shape index (κ3) is 5.21. The second-order valence-electron chi connectivity index (χ2n) is 5.74. The van der Waals surface area contributed by atoms with E-state index in [9.17, 15) is 24.5 Å². The summed E-state index contributed by atoms with van der Waals surface area (Å²) in [6, 6.07) is 10.1. The van der Waals surface area contributed by atoms with Crippen LogP contribution in [0.1, 0.15) is 39.6 Å². The highest BCUT2D eigenvalue weighted by Gasteiger charge is 2.17. The molecule has 8 nitrogen and oxygen atoms in total. The van der Waals surface area contributed by atoms with Crippen molar-refractivity contribution in [2.45, 2.75) is 20.3 Å². The molecule has 0 aliphatic heterocycles. The van der Waals surface area contributed by atoms with Crippen molar-refractivity contribution in [3.8, 4) is 0 Å². The number of carbonyl (C=O) groups excluding carboxylic acids is 3. The normalized spacial score (nSPS) is 10.1. The van der Waals surface area contributed by atoms with Gasteiger partial charge in [-0.15, -0.1) is 0 Å². The molecule has 0 aliphatic rings. The standard InChI is InChI=1S/C19H18N2O6/c1-3-18(23)20-15-8-6-13(7-9-15)17(22)11-27-19(24)14-5-4-12(2)16(10-14)21(25)26/h4-10H,3,11H2,1-2H3,(H,20,23). The fraction of sp³-hybridized carbons (Fsp3) is 0.211. The van der Waals surface area contributed by atoms with Gasteiger partial charge in [0, 0.05) is 29.3 Å². The van der Waals surface area contributed by atoms with E-state index < -0.39 is 23.3 Å². The summed E-state index contributed by atoms with van der Waals surface area (Å²) in [6.45, 7) is 2.79. The molecule has 0 unspecified atom stereocenters. The molecular weight excluding hydrogens is 352 g/mol. The molecule has 0 heterocycles. The first kappa shape index (κ1) is 19.8. The van der Waals surface area contributed by atoms with Crippen LogP contribution in [0.15, 0.2) is 42.5 Å². The quantitative estimate of drug-likeness (QED) is 0.346. The first-order valence-electron chi connectivity index (χ1n) is 8.17. The van der Waals surface area contributed by atoms with E-state index in [0.717, 1.165) is 6.07 Å². The lowest BCUT2D eigenvalue weighted by Crippen LogP contribution is -2.15. The number of anilines is 1. The zero-order chi connectivity index (χ0) is 20.0. The zero-order valence-electron chi connectivity index (χ0n) is 14.9. The van der Waals surface area contributed by atoms with Crippen molar-refractivity contribution >= 4 is 29.0 Å². The number of rotatable bonds is 7. The molecule has 1 amide bonds. The van der Waals surface area contributed by atoms with Crippen LogP contribution in [0.2, 0.25) is 0 Å². The smallest absolute Gasteiger partial charge is 0.338 e. The van der Waals surface area contributed by atoms with Gasteiger partial charge < -0.3 is 10.1 Å². The molecule has 0 atom stereocenters. The van der Waals surface area contributed by atoms with Gasteiger partial charge in [0.2, 0.25) is 5.91 Å². The number of hydrogen-bond donors (Lipinski definition) is 1. The fourth-order valence-corrected chi connectivity index (χ4v) is 2.22. The maximum atomic E-state index is 12.1. The SMILES string of the molecule is CCC(=O)Nc1ccc(C(=O)COC(=O)c2ccc(C)c([N+](=O)[O-])c2)cc1. The Morgan fingerprint density at radius 3 is 2.30 bits per heavy atom. The average molecular weight is 370 g/mol. The second kappa shape index (κ2) is 8.70. The predicted octanol–water partition coefficient (Wildman–Crippen LogP) is 3.29. The summed E-state index contributed by atoms with van der Waals surface area (Å²) in [7, 11) is 0. The molecule has 2 aromatic carbocycles. The van der Waals surface area contributed by atoms with Crippen LogP contribution in [0.25, 0.3) is 0 Å². The monoisotopic (exact) mass is 370 g/mol. The molecular formula is C19H18N2O6. The van der Waals surface area contributed by atoms with E-state index in [1.54, 1.807) is 26.0 Å². The first-order chi connectivity index (χ1) is 12.8. The van der Waals surface area contributed by atoms with Gasteiger partial charge in [-0.25, -0.2) is 4.79 Å². The molecule has 0 bridgehead atoms. The van der Waals surface area contributed by atoms with Gasteiger partial charge in [0.05, 0.1) is 10.5 Å². The fourth-order valence-electron chi connectivity index (χ4n) is 2.22. The molecule has 8 heteroatoms. The molecule has 0 saturated heterocycles. The van der Waals surface area contributed by atoms with E-state index in [0.29, 0.717) is 23.2 Å². The molecule has 2 rings (SSSR count). The summed E-state index contributed by atoms with van der Waals surface area (Å²) in [4.78, 5) is 45.8. The number of ether oxygens (including phenoxy) is 1. The number of nitro benzene ring substituents is 1. The zero-order valence-corrected chi connectivity index (χ0v) is 14.9. The Hall–Kier alpha value is -3.55. The van der Waals surface area contributed by atoms with Gasteiger partial charge in [-0.1, -0.05) is 13.0 Å². The van der Waals surface area contributed by atoms with Gasteiger partial charge in [0.25, 0.3) is 5.69 Å². The Morgan fingerprint density at radius 1 is 1.07 bits per heavy atom. The molecule has 0 saturated carbocycles. The van der Waals surface area contributed by atoms with Crippen LogP contribution in [0.3, 0.4) is 0 Å². The Morgan fingerprint density at radius 2 is 1.70 bits per heavy atom. The van der Waals surface area contributed by atoms with Crippen molar-refractivity contribution in [3.63, 3.8) is 0 Å². The van der Waals surface area contributed by atoms with Crippen LogP contribution in [0.5, 0.6) is 0 Å². The topological polar surface area (TPSA) is 116 Å². The van der Waals surface area contributed by atoms with Crippen molar-refractivity contribution < 1.29 is 24.0 Å². The summed E-state index contributed by atoms with van der Waals surface area (Å²) in [5.41, 5.74) is 1.09. The van der Waals surface area contributed by atoms with E-state index in [-0.39, 0.29) is 17.2 Å². The number of ketones is 1. The number of carbonyl (C=O) groups is 3. The lowest BCUT2D eigenvalue weighted by Gasteiger charge is -2.07. The molecule has 0 spiro atoms. The summed E-state index contributed by atoms with van der Waals surface area (Å²) in [5, 5.41) is 13.6. The Balaban J connectivity index is 1.99.